The molecule has 0 spiro atoms. The van der Waals surface area contributed by atoms with Gasteiger partial charge >= 0.3 is 0 Å². The van der Waals surface area contributed by atoms with Crippen molar-refractivity contribution in [1.82, 2.24) is 0 Å². The van der Waals surface area contributed by atoms with Gasteiger partial charge in [0.05, 0.1) is 4.47 Å². The molecule has 0 aliphatic carbocycles. The Bertz CT molecular complexity index is 373. The molecule has 0 saturated carbocycles. The van der Waals surface area contributed by atoms with Gasteiger partial charge in [0.2, 0.25) is 0 Å². The molecule has 1 rings (SSSR count). The highest BCUT2D eigenvalue weighted by atomic mass is 79.9. The predicted molar refractivity (Wildman–Crippen MR) is 69.4 cm³/mol. The van der Waals surface area contributed by atoms with Crippen LogP contribution in [0.4, 0.5) is 4.39 Å². The molecule has 0 saturated heterocycles. The third-order valence-corrected chi connectivity index (χ3v) is 2.81. The Labute approximate surface area is 109 Å². The first kappa shape index (κ1) is 15.4. The molecule has 0 radical (unpaired) electrons. The minimum atomic E-state index is -0.513. The molecule has 90 valence electrons. The zero-order chi connectivity index (χ0) is 11.4. The van der Waals surface area contributed by atoms with Crippen molar-refractivity contribution >= 4 is 28.3 Å². The molecular weight excluding hydrogens is 296 g/mol. The van der Waals surface area contributed by atoms with Gasteiger partial charge in [0, 0.05) is 11.6 Å². The number of rotatable bonds is 4. The molecule has 16 heavy (non-hydrogen) atoms. The summed E-state index contributed by atoms with van der Waals surface area (Å²) in [6, 6.07) is 2.22. The first-order valence-electron chi connectivity index (χ1n) is 4.61. The fourth-order valence-electron chi connectivity index (χ4n) is 1.35. The van der Waals surface area contributed by atoms with Crippen LogP contribution in [0.1, 0.15) is 24.4 Å². The zero-order valence-corrected chi connectivity index (χ0v) is 11.0. The van der Waals surface area contributed by atoms with Crippen molar-refractivity contribution < 1.29 is 9.50 Å². The van der Waals surface area contributed by atoms with Crippen LogP contribution in [0.2, 0.25) is 0 Å². The summed E-state index contributed by atoms with van der Waals surface area (Å²) in [5, 5.41) is 9.66. The molecule has 5 heteroatoms. The van der Waals surface area contributed by atoms with Crippen LogP contribution in [0.15, 0.2) is 29.3 Å². The van der Waals surface area contributed by atoms with E-state index in [0.29, 0.717) is 17.3 Å². The van der Waals surface area contributed by atoms with E-state index in [1.165, 1.54) is 12.1 Å². The van der Waals surface area contributed by atoms with Crippen LogP contribution >= 0.6 is 28.3 Å². The number of allylic oxidation sites excluding steroid dienone is 1. The molecule has 0 bridgehead atoms. The van der Waals surface area contributed by atoms with Crippen molar-refractivity contribution in [1.29, 1.82) is 0 Å². The number of hydrogen-bond acceptors (Lipinski definition) is 2. The fourth-order valence-corrected chi connectivity index (χ4v) is 1.70. The summed E-state index contributed by atoms with van der Waals surface area (Å²) in [6.07, 6.45) is 2.96. The Morgan fingerprint density at radius 3 is 2.75 bits per heavy atom. The van der Waals surface area contributed by atoms with Gasteiger partial charge in [-0.15, -0.1) is 19.0 Å². The van der Waals surface area contributed by atoms with E-state index in [1.807, 2.05) is 0 Å². The van der Waals surface area contributed by atoms with Crippen molar-refractivity contribution in [3.63, 3.8) is 0 Å². The minimum Gasteiger partial charge on any atom is -0.506 e. The maximum Gasteiger partial charge on any atom is 0.137 e. The number of phenols is 1. The van der Waals surface area contributed by atoms with E-state index in [-0.39, 0.29) is 23.7 Å². The van der Waals surface area contributed by atoms with Crippen LogP contribution in [0, 0.1) is 5.82 Å². The van der Waals surface area contributed by atoms with E-state index in [1.54, 1.807) is 6.08 Å². The highest BCUT2D eigenvalue weighted by Gasteiger charge is 2.17. The molecule has 0 amide bonds. The number of nitrogens with two attached hydrogens (primary N) is 1. The third kappa shape index (κ3) is 3.47. The van der Waals surface area contributed by atoms with Crippen LogP contribution in [0.5, 0.6) is 5.75 Å². The van der Waals surface area contributed by atoms with E-state index in [0.717, 1.165) is 0 Å². The van der Waals surface area contributed by atoms with E-state index < -0.39 is 11.9 Å². The number of aromatic hydroxyl groups is 1. The summed E-state index contributed by atoms with van der Waals surface area (Å²) < 4.78 is 13.9. The van der Waals surface area contributed by atoms with Gasteiger partial charge in [-0.25, -0.2) is 4.39 Å². The Morgan fingerprint density at radius 2 is 2.19 bits per heavy atom. The van der Waals surface area contributed by atoms with Crippen molar-refractivity contribution in [2.45, 2.75) is 18.9 Å². The Kier molecular flexibility index (Phi) is 6.64. The van der Waals surface area contributed by atoms with E-state index in [4.69, 9.17) is 5.73 Å². The van der Waals surface area contributed by atoms with Crippen molar-refractivity contribution in [3.8, 4) is 5.75 Å². The summed E-state index contributed by atoms with van der Waals surface area (Å²) >= 11 is 3.12. The molecule has 0 heterocycles. The lowest BCUT2D eigenvalue weighted by Gasteiger charge is -2.14. The summed E-state index contributed by atoms with van der Waals surface area (Å²) in [5.41, 5.74) is 5.94. The number of hydrogen-bond donors (Lipinski definition) is 2. The second kappa shape index (κ2) is 6.89. The summed E-state index contributed by atoms with van der Waals surface area (Å²) in [7, 11) is 0. The van der Waals surface area contributed by atoms with Crippen LogP contribution in [-0.4, -0.2) is 5.11 Å². The van der Waals surface area contributed by atoms with Gasteiger partial charge < -0.3 is 10.8 Å². The summed E-state index contributed by atoms with van der Waals surface area (Å²) in [6.45, 7) is 3.57. The van der Waals surface area contributed by atoms with E-state index >= 15 is 0 Å². The molecule has 1 atom stereocenters. The number of phenolic OH excluding ortho intramolecular Hbond substituents is 1. The largest absolute Gasteiger partial charge is 0.506 e. The molecule has 0 unspecified atom stereocenters. The Balaban J connectivity index is 0.00000225. The maximum absolute atomic E-state index is 13.4. The Hall–Kier alpha value is -0.580. The second-order valence-corrected chi connectivity index (χ2v) is 4.12. The smallest absolute Gasteiger partial charge is 0.137 e. The zero-order valence-electron chi connectivity index (χ0n) is 8.62. The van der Waals surface area contributed by atoms with E-state index in [2.05, 4.69) is 22.5 Å². The van der Waals surface area contributed by atoms with Crippen molar-refractivity contribution in [2.75, 3.05) is 0 Å². The topological polar surface area (TPSA) is 46.2 Å². The third-order valence-electron chi connectivity index (χ3n) is 2.17. The second-order valence-electron chi connectivity index (χ2n) is 3.26. The number of halogens is 3. The first-order valence-corrected chi connectivity index (χ1v) is 5.40. The lowest BCUT2D eigenvalue weighted by atomic mass is 10.0. The SMILES string of the molecule is C=CCC[C@@H](N)c1c(F)ccc(Br)c1O.Cl. The highest BCUT2D eigenvalue weighted by molar-refractivity contribution is 9.10. The normalized spacial score (nSPS) is 11.7. The van der Waals surface area contributed by atoms with Crippen molar-refractivity contribution in [2.24, 2.45) is 5.73 Å². The molecule has 3 N–H and O–H groups in total. The van der Waals surface area contributed by atoms with Gasteiger partial charge in [0.1, 0.15) is 11.6 Å². The lowest BCUT2D eigenvalue weighted by Crippen LogP contribution is -2.12. The molecular formula is C11H14BrClFNO. The molecule has 2 nitrogen and oxygen atoms in total. The average molecular weight is 311 g/mol. The molecule has 1 aromatic carbocycles. The molecule has 0 aromatic heterocycles. The van der Waals surface area contributed by atoms with Gasteiger partial charge in [0.25, 0.3) is 0 Å². The fraction of sp³-hybridized carbons (Fsp3) is 0.273. The molecule has 0 aliphatic heterocycles. The lowest BCUT2D eigenvalue weighted by molar-refractivity contribution is 0.442. The standard InChI is InChI=1S/C11H13BrFNO.ClH/c1-2-3-4-9(14)10-8(13)6-5-7(12)11(10)15;/h2,5-6,9,15H,1,3-4,14H2;1H/t9-;/m1./s1. The maximum atomic E-state index is 13.4. The monoisotopic (exact) mass is 309 g/mol. The molecule has 0 fully saturated rings. The average Bonchev–Trinajstić information content (AvgIpc) is 2.21. The van der Waals surface area contributed by atoms with Gasteiger partial charge in [-0.1, -0.05) is 6.08 Å². The van der Waals surface area contributed by atoms with Gasteiger partial charge in [-0.05, 0) is 40.9 Å². The van der Waals surface area contributed by atoms with Crippen molar-refractivity contribution in [3.05, 3.63) is 40.6 Å². The predicted octanol–water partition coefficient (Wildman–Crippen LogP) is 3.68. The van der Waals surface area contributed by atoms with Crippen LogP contribution in [0.3, 0.4) is 0 Å². The van der Waals surface area contributed by atoms with E-state index in [9.17, 15) is 9.50 Å². The molecule has 1 aromatic rings. The first-order chi connectivity index (χ1) is 7.07. The minimum absolute atomic E-state index is 0. The summed E-state index contributed by atoms with van der Waals surface area (Å²) in [5.74, 6) is -0.598. The van der Waals surface area contributed by atoms with Gasteiger partial charge in [0.15, 0.2) is 0 Å². The summed E-state index contributed by atoms with van der Waals surface area (Å²) in [4.78, 5) is 0. The highest BCUT2D eigenvalue weighted by Crippen LogP contribution is 2.34. The van der Waals surface area contributed by atoms with Crippen LogP contribution in [0.25, 0.3) is 0 Å². The quantitative estimate of drug-likeness (QED) is 0.833. The van der Waals surface area contributed by atoms with Gasteiger partial charge in [-0.2, -0.15) is 0 Å². The van der Waals surface area contributed by atoms with Gasteiger partial charge in [-0.3, -0.25) is 0 Å². The Morgan fingerprint density at radius 1 is 1.56 bits per heavy atom. The van der Waals surface area contributed by atoms with Crippen LogP contribution < -0.4 is 5.73 Å². The van der Waals surface area contributed by atoms with Crippen LogP contribution in [-0.2, 0) is 0 Å². The number of benzene rings is 1. The molecule has 0 aliphatic rings.